The molecule has 40 heavy (non-hydrogen) atoms. The quantitative estimate of drug-likeness (QED) is 0.0489. The molecule has 1 N–H and O–H groups in total. The minimum atomic E-state index is -1.72. The molecule has 0 spiro atoms. The highest BCUT2D eigenvalue weighted by Gasteiger charge is 2.30. The molecule has 0 unspecified atom stereocenters. The molecule has 0 radical (unpaired) electrons. The minimum Gasteiger partial charge on any atom is -0.478 e. The fourth-order valence-electron chi connectivity index (χ4n) is 6.48. The van der Waals surface area contributed by atoms with Crippen LogP contribution in [-0.2, 0) is 4.79 Å². The summed E-state index contributed by atoms with van der Waals surface area (Å²) in [5, 5.41) is 9.79. The van der Waals surface area contributed by atoms with Crippen LogP contribution in [0.1, 0.15) is 201 Å². The van der Waals surface area contributed by atoms with Gasteiger partial charge < -0.3 is 5.11 Å². The third kappa shape index (κ3) is 25.2. The summed E-state index contributed by atoms with van der Waals surface area (Å²) < 4.78 is 0. The summed E-state index contributed by atoms with van der Waals surface area (Å²) in [6.07, 6.45) is 37.1. The molecule has 0 fully saturated rings. The van der Waals surface area contributed by atoms with Gasteiger partial charge in [-0.2, -0.15) is 0 Å². The maximum Gasteiger partial charge on any atom is 0.330 e. The lowest BCUT2D eigenvalue weighted by molar-refractivity contribution is -0.132. The molecule has 0 aliphatic rings. The van der Waals surface area contributed by atoms with E-state index in [1.807, 2.05) is 6.92 Å². The Labute approximate surface area is 254 Å². The van der Waals surface area contributed by atoms with Crippen LogP contribution >= 0.6 is 0 Å². The van der Waals surface area contributed by atoms with E-state index in [4.69, 9.17) is 0 Å². The van der Waals surface area contributed by atoms with Gasteiger partial charge in [-0.3, -0.25) is 0 Å². The molecule has 3 heteroatoms. The summed E-state index contributed by atoms with van der Waals surface area (Å²) in [5.41, 5.74) is 2.99. The molecule has 0 aromatic heterocycles. The molecule has 0 amide bonds. The topological polar surface area (TPSA) is 37.3 Å². The van der Waals surface area contributed by atoms with E-state index in [1.54, 1.807) is 0 Å². The average molecular weight is 579 g/mol. The number of rotatable bonds is 32. The van der Waals surface area contributed by atoms with E-state index >= 15 is 0 Å². The number of hydrogen-bond acceptors (Lipinski definition) is 1. The van der Waals surface area contributed by atoms with E-state index in [0.717, 1.165) is 0 Å². The summed E-state index contributed by atoms with van der Waals surface area (Å²) in [7, 11) is -1.72. The standard InChI is InChI=1S/C37H74O2Si/c1-5-8-11-14-17-20-23-26-29-32-40(35-36(4)37(38)39,33-30-27-24-21-18-15-12-9-6-2)34-31-28-25-22-19-16-13-10-7-3/h35H,5-34H2,1-4H3,(H,38,39). The van der Waals surface area contributed by atoms with Crippen LogP contribution in [0.5, 0.6) is 0 Å². The first kappa shape index (κ1) is 39.4. The van der Waals surface area contributed by atoms with Crippen LogP contribution in [0.25, 0.3) is 0 Å². The Morgan fingerprint density at radius 2 is 0.675 bits per heavy atom. The first-order valence-corrected chi connectivity index (χ1v) is 21.1. The van der Waals surface area contributed by atoms with Gasteiger partial charge in [-0.05, 0) is 6.92 Å². The van der Waals surface area contributed by atoms with Crippen molar-refractivity contribution in [2.45, 2.75) is 219 Å². The molecule has 0 rings (SSSR count). The number of carboxylic acids is 1. The van der Waals surface area contributed by atoms with Crippen LogP contribution in [0.2, 0.25) is 18.1 Å². The highest BCUT2D eigenvalue weighted by Crippen LogP contribution is 2.32. The predicted octanol–water partition coefficient (Wildman–Crippen LogP) is 13.6. The molecule has 0 bridgehead atoms. The van der Waals surface area contributed by atoms with Gasteiger partial charge in [-0.25, -0.2) is 4.79 Å². The molecule has 0 heterocycles. The van der Waals surface area contributed by atoms with Crippen molar-refractivity contribution in [2.24, 2.45) is 0 Å². The second-order valence-electron chi connectivity index (χ2n) is 13.2. The van der Waals surface area contributed by atoms with Gasteiger partial charge in [0.15, 0.2) is 0 Å². The van der Waals surface area contributed by atoms with E-state index in [9.17, 15) is 9.90 Å². The molecular weight excluding hydrogens is 504 g/mol. The lowest BCUT2D eigenvalue weighted by atomic mass is 10.1. The van der Waals surface area contributed by atoms with Crippen molar-refractivity contribution >= 4 is 14.0 Å². The molecule has 0 aliphatic heterocycles. The van der Waals surface area contributed by atoms with Crippen molar-refractivity contribution in [3.63, 3.8) is 0 Å². The summed E-state index contributed by atoms with van der Waals surface area (Å²) in [4.78, 5) is 11.9. The van der Waals surface area contributed by atoms with Crippen LogP contribution in [0.4, 0.5) is 0 Å². The SMILES string of the molecule is CCCCCCCCCCC[Si](C=C(C)C(=O)O)(CCCCCCCCCCC)CCCCCCCCCCC. The number of unbranched alkanes of at least 4 members (excludes halogenated alkanes) is 24. The molecule has 0 aliphatic carbocycles. The van der Waals surface area contributed by atoms with Crippen LogP contribution in [-0.4, -0.2) is 19.1 Å². The van der Waals surface area contributed by atoms with Crippen molar-refractivity contribution in [3.8, 4) is 0 Å². The zero-order valence-corrected chi connectivity index (χ0v) is 29.1. The smallest absolute Gasteiger partial charge is 0.330 e. The first-order valence-electron chi connectivity index (χ1n) is 18.4. The second kappa shape index (κ2) is 29.9. The van der Waals surface area contributed by atoms with E-state index < -0.39 is 14.0 Å². The molecule has 2 nitrogen and oxygen atoms in total. The minimum absolute atomic E-state index is 0.634. The molecule has 0 aromatic rings. The first-order chi connectivity index (χ1) is 19.5. The van der Waals surface area contributed by atoms with E-state index in [1.165, 1.54) is 191 Å². The Morgan fingerprint density at radius 3 is 0.900 bits per heavy atom. The van der Waals surface area contributed by atoms with Gasteiger partial charge in [-0.1, -0.05) is 218 Å². The predicted molar refractivity (Wildman–Crippen MR) is 183 cm³/mol. The van der Waals surface area contributed by atoms with Gasteiger partial charge in [0.05, 0.1) is 8.07 Å². The van der Waals surface area contributed by atoms with Crippen LogP contribution in [0.15, 0.2) is 11.3 Å². The monoisotopic (exact) mass is 579 g/mol. The van der Waals surface area contributed by atoms with Crippen molar-refractivity contribution in [2.75, 3.05) is 0 Å². The number of hydrogen-bond donors (Lipinski definition) is 1. The Kier molecular flexibility index (Phi) is 29.5. The Morgan fingerprint density at radius 1 is 0.450 bits per heavy atom. The highest BCUT2D eigenvalue weighted by molar-refractivity contribution is 6.84. The van der Waals surface area contributed by atoms with Crippen molar-refractivity contribution in [1.82, 2.24) is 0 Å². The second-order valence-corrected chi connectivity index (χ2v) is 17.7. The lowest BCUT2D eigenvalue weighted by Gasteiger charge is -2.30. The number of aliphatic carboxylic acids is 1. The maximum atomic E-state index is 11.9. The molecule has 0 saturated carbocycles. The van der Waals surface area contributed by atoms with Gasteiger partial charge >= 0.3 is 5.97 Å². The van der Waals surface area contributed by atoms with Gasteiger partial charge in [0.25, 0.3) is 0 Å². The third-order valence-electron chi connectivity index (χ3n) is 9.19. The van der Waals surface area contributed by atoms with Gasteiger partial charge in [-0.15, -0.1) is 0 Å². The molecule has 0 aromatic carbocycles. The fourth-order valence-corrected chi connectivity index (χ4v) is 11.6. The summed E-state index contributed by atoms with van der Waals surface area (Å²) in [5.74, 6) is -0.692. The Balaban J connectivity index is 4.86. The van der Waals surface area contributed by atoms with Crippen LogP contribution < -0.4 is 0 Å². The van der Waals surface area contributed by atoms with Crippen molar-refractivity contribution in [1.29, 1.82) is 0 Å². The number of carbonyl (C=O) groups is 1. The lowest BCUT2D eigenvalue weighted by Crippen LogP contribution is -2.33. The largest absolute Gasteiger partial charge is 0.478 e. The summed E-state index contributed by atoms with van der Waals surface area (Å²) in [6, 6.07) is 3.96. The summed E-state index contributed by atoms with van der Waals surface area (Å²) >= 11 is 0. The van der Waals surface area contributed by atoms with Crippen molar-refractivity contribution < 1.29 is 9.90 Å². The van der Waals surface area contributed by atoms with Gasteiger partial charge in [0, 0.05) is 5.57 Å². The van der Waals surface area contributed by atoms with Gasteiger partial charge in [0.2, 0.25) is 0 Å². The molecule has 0 saturated heterocycles. The average Bonchev–Trinajstić information content (AvgIpc) is 2.94. The van der Waals surface area contributed by atoms with E-state index in [-0.39, 0.29) is 0 Å². The van der Waals surface area contributed by atoms with Gasteiger partial charge in [0.1, 0.15) is 0 Å². The maximum absolute atomic E-state index is 11.9. The zero-order valence-electron chi connectivity index (χ0n) is 28.1. The summed E-state index contributed by atoms with van der Waals surface area (Å²) in [6.45, 7) is 8.74. The van der Waals surface area contributed by atoms with E-state index in [2.05, 4.69) is 26.5 Å². The number of carboxylic acid groups (broad SMARTS) is 1. The molecule has 238 valence electrons. The Bertz CT molecular complexity index is 515. The van der Waals surface area contributed by atoms with Crippen LogP contribution in [0.3, 0.4) is 0 Å². The van der Waals surface area contributed by atoms with Crippen LogP contribution in [0, 0.1) is 0 Å². The van der Waals surface area contributed by atoms with Crippen molar-refractivity contribution in [3.05, 3.63) is 11.3 Å². The normalized spacial score (nSPS) is 12.3. The Hall–Kier alpha value is -0.573. The highest BCUT2D eigenvalue weighted by atomic mass is 28.3. The molecular formula is C37H74O2Si. The zero-order chi connectivity index (χ0) is 29.6. The van der Waals surface area contributed by atoms with E-state index in [0.29, 0.717) is 5.57 Å². The molecule has 0 atom stereocenters. The fraction of sp³-hybridized carbons (Fsp3) is 0.919. The third-order valence-corrected chi connectivity index (χ3v) is 14.3.